The van der Waals surface area contributed by atoms with Gasteiger partial charge in [-0.15, -0.1) is 0 Å². The topological polar surface area (TPSA) is 58.6 Å². The van der Waals surface area contributed by atoms with Gasteiger partial charge < -0.3 is 15.0 Å². The number of rotatable bonds is 5. The summed E-state index contributed by atoms with van der Waals surface area (Å²) in [7, 11) is 0. The summed E-state index contributed by atoms with van der Waals surface area (Å²) in [5.74, 6) is -0.119. The van der Waals surface area contributed by atoms with Crippen molar-refractivity contribution in [3.8, 4) is 5.75 Å². The quantitative estimate of drug-likeness (QED) is 0.804. The highest BCUT2D eigenvalue weighted by Crippen LogP contribution is 2.23. The second kappa shape index (κ2) is 9.07. The first-order chi connectivity index (χ1) is 13.8. The maximum atomic E-state index is 13.2. The number of piperidine rings is 1. The summed E-state index contributed by atoms with van der Waals surface area (Å²) in [4.78, 5) is 26.9. The van der Waals surface area contributed by atoms with Gasteiger partial charge in [-0.05, 0) is 88.1 Å². The van der Waals surface area contributed by atoms with Crippen molar-refractivity contribution in [2.24, 2.45) is 0 Å². The molecule has 5 nitrogen and oxygen atoms in total. The molecule has 1 heterocycles. The zero-order chi connectivity index (χ0) is 21.0. The lowest BCUT2D eigenvalue weighted by Gasteiger charge is -2.38. The van der Waals surface area contributed by atoms with E-state index in [1.807, 2.05) is 4.90 Å². The third-order valence-corrected chi connectivity index (χ3v) is 5.40. The molecule has 1 saturated heterocycles. The van der Waals surface area contributed by atoms with Crippen LogP contribution in [-0.4, -0.2) is 35.4 Å². The second-order valence-corrected chi connectivity index (χ2v) is 7.66. The number of nitrogens with zero attached hydrogens (tertiary/aromatic N) is 1. The smallest absolute Gasteiger partial charge is 0.260 e. The molecule has 0 saturated carbocycles. The van der Waals surface area contributed by atoms with Crippen LogP contribution in [0.15, 0.2) is 42.5 Å². The van der Waals surface area contributed by atoms with Gasteiger partial charge in [0.1, 0.15) is 11.6 Å². The van der Waals surface area contributed by atoms with Crippen LogP contribution in [0.3, 0.4) is 0 Å². The van der Waals surface area contributed by atoms with Crippen molar-refractivity contribution in [2.45, 2.75) is 52.1 Å². The first-order valence-electron chi connectivity index (χ1n) is 9.96. The maximum Gasteiger partial charge on any atom is 0.260 e. The van der Waals surface area contributed by atoms with Crippen LogP contribution in [-0.2, 0) is 4.79 Å². The predicted molar refractivity (Wildman–Crippen MR) is 111 cm³/mol. The Morgan fingerprint density at radius 3 is 2.38 bits per heavy atom. The van der Waals surface area contributed by atoms with E-state index in [-0.39, 0.29) is 36.3 Å². The summed E-state index contributed by atoms with van der Waals surface area (Å²) in [6.07, 6.45) is 3.19. The number of hydrogen-bond acceptors (Lipinski definition) is 3. The Hall–Kier alpha value is -2.89. The Balaban J connectivity index is 1.57. The molecule has 2 atom stereocenters. The molecule has 1 fully saturated rings. The van der Waals surface area contributed by atoms with Gasteiger partial charge in [-0.3, -0.25) is 9.59 Å². The van der Waals surface area contributed by atoms with E-state index in [1.54, 1.807) is 31.2 Å². The summed E-state index contributed by atoms with van der Waals surface area (Å²) in [5, 5.41) is 2.77. The number of carbonyl (C=O) groups is 2. The Kier molecular flexibility index (Phi) is 6.52. The Morgan fingerprint density at radius 1 is 1.10 bits per heavy atom. The molecule has 0 aliphatic carbocycles. The molecule has 2 aromatic rings. The minimum atomic E-state index is -0.343. The van der Waals surface area contributed by atoms with Crippen LogP contribution in [0, 0.1) is 12.7 Å². The first kappa shape index (κ1) is 20.8. The molecule has 2 aromatic carbocycles. The average Bonchev–Trinajstić information content (AvgIpc) is 2.68. The van der Waals surface area contributed by atoms with Crippen LogP contribution in [0.4, 0.5) is 10.1 Å². The standard InChI is InChI=1S/C23H27FN2O3/c1-15-13-19(24)9-12-21(15)25-23(28)18-7-10-20(11-8-18)29-14-22(27)26-16(2)5-4-6-17(26)3/h7-13,16-17H,4-6,14H2,1-3H3,(H,25,28). The van der Waals surface area contributed by atoms with E-state index in [2.05, 4.69) is 19.2 Å². The second-order valence-electron chi connectivity index (χ2n) is 7.66. The van der Waals surface area contributed by atoms with Crippen LogP contribution < -0.4 is 10.1 Å². The monoisotopic (exact) mass is 398 g/mol. The van der Waals surface area contributed by atoms with E-state index in [0.717, 1.165) is 19.3 Å². The maximum absolute atomic E-state index is 13.2. The number of ether oxygens (including phenoxy) is 1. The fraction of sp³-hybridized carbons (Fsp3) is 0.391. The van der Waals surface area contributed by atoms with Crippen molar-refractivity contribution in [3.63, 3.8) is 0 Å². The van der Waals surface area contributed by atoms with Crippen LogP contribution in [0.2, 0.25) is 0 Å². The van der Waals surface area contributed by atoms with Gasteiger partial charge in [0.05, 0.1) is 0 Å². The number of anilines is 1. The lowest BCUT2D eigenvalue weighted by Crippen LogP contribution is -2.49. The van der Waals surface area contributed by atoms with Gasteiger partial charge in [0, 0.05) is 23.3 Å². The molecule has 1 aliphatic heterocycles. The summed E-state index contributed by atoms with van der Waals surface area (Å²) >= 11 is 0. The molecule has 154 valence electrons. The summed E-state index contributed by atoms with van der Waals surface area (Å²) in [6, 6.07) is 11.3. The minimum Gasteiger partial charge on any atom is -0.484 e. The molecule has 0 aromatic heterocycles. The molecular weight excluding hydrogens is 371 g/mol. The number of hydrogen-bond donors (Lipinski definition) is 1. The molecule has 29 heavy (non-hydrogen) atoms. The van der Waals surface area contributed by atoms with Gasteiger partial charge >= 0.3 is 0 Å². The van der Waals surface area contributed by atoms with Crippen molar-refractivity contribution in [2.75, 3.05) is 11.9 Å². The van der Waals surface area contributed by atoms with Crippen molar-refractivity contribution < 1.29 is 18.7 Å². The van der Waals surface area contributed by atoms with E-state index in [4.69, 9.17) is 4.74 Å². The third kappa shape index (κ3) is 5.13. The molecule has 1 N–H and O–H groups in total. The third-order valence-electron chi connectivity index (χ3n) is 5.40. The summed E-state index contributed by atoms with van der Waals surface area (Å²) in [6.45, 7) is 5.86. The van der Waals surface area contributed by atoms with Crippen molar-refractivity contribution >= 4 is 17.5 Å². The number of likely N-dealkylation sites (tertiary alicyclic amines) is 1. The van der Waals surface area contributed by atoms with Gasteiger partial charge in [-0.25, -0.2) is 4.39 Å². The van der Waals surface area contributed by atoms with Crippen LogP contribution >= 0.6 is 0 Å². The molecule has 0 spiro atoms. The number of amides is 2. The predicted octanol–water partition coefficient (Wildman–Crippen LogP) is 4.55. The number of nitrogens with one attached hydrogen (secondary N) is 1. The molecule has 0 radical (unpaired) electrons. The average molecular weight is 398 g/mol. The van der Waals surface area contributed by atoms with Crippen molar-refractivity contribution in [3.05, 3.63) is 59.4 Å². The Bertz CT molecular complexity index is 872. The summed E-state index contributed by atoms with van der Waals surface area (Å²) < 4.78 is 18.8. The molecule has 2 amide bonds. The van der Waals surface area contributed by atoms with Crippen LogP contribution in [0.1, 0.15) is 49.0 Å². The van der Waals surface area contributed by atoms with Gasteiger partial charge in [0.25, 0.3) is 11.8 Å². The Labute approximate surface area is 170 Å². The van der Waals surface area contributed by atoms with Crippen molar-refractivity contribution in [1.82, 2.24) is 4.90 Å². The lowest BCUT2D eigenvalue weighted by molar-refractivity contribution is -0.139. The zero-order valence-electron chi connectivity index (χ0n) is 17.1. The number of halogens is 1. The van der Waals surface area contributed by atoms with Crippen LogP contribution in [0.5, 0.6) is 5.75 Å². The van der Waals surface area contributed by atoms with Gasteiger partial charge in [-0.1, -0.05) is 0 Å². The first-order valence-corrected chi connectivity index (χ1v) is 9.96. The minimum absolute atomic E-state index is 0.0155. The normalized spacial score (nSPS) is 19.0. The summed E-state index contributed by atoms with van der Waals surface area (Å²) in [5.41, 5.74) is 1.66. The van der Waals surface area contributed by atoms with Gasteiger partial charge in [-0.2, -0.15) is 0 Å². The molecule has 3 rings (SSSR count). The molecule has 6 heteroatoms. The fourth-order valence-corrected chi connectivity index (χ4v) is 3.80. The van der Waals surface area contributed by atoms with E-state index in [9.17, 15) is 14.0 Å². The SMILES string of the molecule is Cc1cc(F)ccc1NC(=O)c1ccc(OCC(=O)N2C(C)CCCC2C)cc1. The molecule has 1 aliphatic rings. The largest absolute Gasteiger partial charge is 0.484 e. The zero-order valence-corrected chi connectivity index (χ0v) is 17.1. The van der Waals surface area contributed by atoms with Crippen LogP contribution in [0.25, 0.3) is 0 Å². The van der Waals surface area contributed by atoms with E-state index < -0.39 is 0 Å². The Morgan fingerprint density at radius 2 is 1.76 bits per heavy atom. The number of aryl methyl sites for hydroxylation is 1. The van der Waals surface area contributed by atoms with E-state index >= 15 is 0 Å². The lowest BCUT2D eigenvalue weighted by atomic mass is 9.97. The fourth-order valence-electron chi connectivity index (χ4n) is 3.80. The number of benzene rings is 2. The number of carbonyl (C=O) groups excluding carboxylic acids is 2. The van der Waals surface area contributed by atoms with Crippen molar-refractivity contribution in [1.29, 1.82) is 0 Å². The molecule has 2 unspecified atom stereocenters. The molecule has 0 bridgehead atoms. The highest BCUT2D eigenvalue weighted by molar-refractivity contribution is 6.04. The molecular formula is C23H27FN2O3. The van der Waals surface area contributed by atoms with Gasteiger partial charge in [0.15, 0.2) is 6.61 Å². The van der Waals surface area contributed by atoms with E-state index in [0.29, 0.717) is 22.6 Å². The van der Waals surface area contributed by atoms with E-state index in [1.165, 1.54) is 18.2 Å². The highest BCUT2D eigenvalue weighted by atomic mass is 19.1. The van der Waals surface area contributed by atoms with Gasteiger partial charge in [0.2, 0.25) is 0 Å². The highest BCUT2D eigenvalue weighted by Gasteiger charge is 2.28.